The van der Waals surface area contributed by atoms with Gasteiger partial charge >= 0.3 is 6.55 Å². The fraction of sp³-hybridized carbons (Fsp3) is 0.222. The van der Waals surface area contributed by atoms with E-state index in [-0.39, 0.29) is 16.8 Å². The molecule has 0 saturated heterocycles. The molecule has 8 heteroatoms. The van der Waals surface area contributed by atoms with Crippen molar-refractivity contribution in [3.05, 3.63) is 54.6 Å². The van der Waals surface area contributed by atoms with Gasteiger partial charge in [0, 0.05) is 0 Å². The van der Waals surface area contributed by atoms with Gasteiger partial charge in [0.2, 0.25) is 5.91 Å². The monoisotopic (exact) mass is 377 g/mol. The molecule has 1 N–H and O–H groups in total. The standard InChI is InChI=1S/C18H17F2N3O2S/c19-17(20)23-15-9-5-4-8-14(15)22-18(23)26-12-16(24)21-10-11-25-13-6-2-1-3-7-13/h1-9,17H,10-12H2,(H,21,24). The van der Waals surface area contributed by atoms with Gasteiger partial charge in [-0.15, -0.1) is 0 Å². The van der Waals surface area contributed by atoms with Crippen molar-refractivity contribution in [2.75, 3.05) is 18.9 Å². The number of aromatic nitrogens is 2. The average molecular weight is 377 g/mol. The van der Waals surface area contributed by atoms with Crippen LogP contribution in [0.5, 0.6) is 5.75 Å². The van der Waals surface area contributed by atoms with E-state index in [4.69, 9.17) is 4.74 Å². The van der Waals surface area contributed by atoms with E-state index in [2.05, 4.69) is 10.3 Å². The topological polar surface area (TPSA) is 56.2 Å². The normalized spacial score (nSPS) is 11.0. The Morgan fingerprint density at radius 2 is 1.88 bits per heavy atom. The molecule has 0 unspecified atom stereocenters. The molecular weight excluding hydrogens is 360 g/mol. The van der Waals surface area contributed by atoms with Crippen LogP contribution in [-0.2, 0) is 4.79 Å². The van der Waals surface area contributed by atoms with Gasteiger partial charge in [0.25, 0.3) is 0 Å². The number of carbonyl (C=O) groups is 1. The molecule has 0 aliphatic heterocycles. The van der Waals surface area contributed by atoms with Crippen molar-refractivity contribution < 1.29 is 18.3 Å². The van der Waals surface area contributed by atoms with Crippen molar-refractivity contribution in [3.63, 3.8) is 0 Å². The summed E-state index contributed by atoms with van der Waals surface area (Å²) in [4.78, 5) is 16.1. The molecule has 26 heavy (non-hydrogen) atoms. The Morgan fingerprint density at radius 3 is 2.65 bits per heavy atom. The lowest BCUT2D eigenvalue weighted by Gasteiger charge is -2.08. The zero-order chi connectivity index (χ0) is 18.4. The third-order valence-electron chi connectivity index (χ3n) is 3.53. The molecule has 3 aromatic rings. The molecule has 136 valence electrons. The predicted molar refractivity (Wildman–Crippen MR) is 96.7 cm³/mol. The molecule has 0 saturated carbocycles. The third-order valence-corrected chi connectivity index (χ3v) is 4.48. The molecule has 0 bridgehead atoms. The van der Waals surface area contributed by atoms with Crippen LogP contribution in [0.3, 0.4) is 0 Å². The average Bonchev–Trinajstić information content (AvgIpc) is 3.03. The zero-order valence-electron chi connectivity index (χ0n) is 13.8. The SMILES string of the molecule is O=C(CSc1nc2ccccc2n1C(F)F)NCCOc1ccccc1. The Balaban J connectivity index is 1.50. The Hall–Kier alpha value is -2.61. The first kappa shape index (κ1) is 18.2. The minimum Gasteiger partial charge on any atom is -0.492 e. The summed E-state index contributed by atoms with van der Waals surface area (Å²) in [6.07, 6.45) is 0. The van der Waals surface area contributed by atoms with E-state index in [9.17, 15) is 13.6 Å². The minimum absolute atomic E-state index is 0.00137. The molecule has 2 aromatic carbocycles. The van der Waals surface area contributed by atoms with Crippen molar-refractivity contribution >= 4 is 28.7 Å². The second kappa shape index (κ2) is 8.66. The third kappa shape index (κ3) is 4.51. The maximum atomic E-state index is 13.3. The number of nitrogens with zero attached hydrogens (tertiary/aromatic N) is 2. The Labute approximate surface area is 153 Å². The first-order chi connectivity index (χ1) is 12.6. The highest BCUT2D eigenvalue weighted by molar-refractivity contribution is 7.99. The maximum absolute atomic E-state index is 13.3. The number of imidazole rings is 1. The highest BCUT2D eigenvalue weighted by Crippen LogP contribution is 2.28. The van der Waals surface area contributed by atoms with Crippen LogP contribution in [0.1, 0.15) is 6.55 Å². The minimum atomic E-state index is -2.72. The van der Waals surface area contributed by atoms with Crippen LogP contribution in [0, 0.1) is 0 Å². The quantitative estimate of drug-likeness (QED) is 0.480. The lowest BCUT2D eigenvalue weighted by Crippen LogP contribution is -2.29. The number of rotatable bonds is 8. The van der Waals surface area contributed by atoms with E-state index in [0.29, 0.717) is 24.2 Å². The second-order valence-corrected chi connectivity index (χ2v) is 6.27. The fourth-order valence-corrected chi connectivity index (χ4v) is 3.21. The number of halogens is 2. The molecule has 0 spiro atoms. The van der Waals surface area contributed by atoms with Gasteiger partial charge in [-0.2, -0.15) is 8.78 Å². The van der Waals surface area contributed by atoms with Crippen molar-refractivity contribution in [3.8, 4) is 5.75 Å². The molecule has 0 fully saturated rings. The molecule has 1 aromatic heterocycles. The molecule has 5 nitrogen and oxygen atoms in total. The summed E-state index contributed by atoms with van der Waals surface area (Å²) < 4.78 is 32.9. The van der Waals surface area contributed by atoms with E-state index in [1.54, 1.807) is 24.3 Å². The van der Waals surface area contributed by atoms with Gasteiger partial charge in [0.1, 0.15) is 12.4 Å². The summed E-state index contributed by atoms with van der Waals surface area (Å²) >= 11 is 0.983. The summed E-state index contributed by atoms with van der Waals surface area (Å²) in [5.74, 6) is 0.461. The molecular formula is C18H17F2N3O2S. The van der Waals surface area contributed by atoms with Gasteiger partial charge in [0.15, 0.2) is 5.16 Å². The number of ether oxygens (including phenoxy) is 1. The van der Waals surface area contributed by atoms with Crippen molar-refractivity contribution in [2.24, 2.45) is 0 Å². The first-order valence-corrected chi connectivity index (χ1v) is 8.96. The molecule has 0 aliphatic rings. The predicted octanol–water partition coefficient (Wildman–Crippen LogP) is 3.72. The highest BCUT2D eigenvalue weighted by atomic mass is 32.2. The number of amides is 1. The largest absolute Gasteiger partial charge is 0.492 e. The first-order valence-electron chi connectivity index (χ1n) is 7.97. The number of hydrogen-bond acceptors (Lipinski definition) is 4. The summed E-state index contributed by atoms with van der Waals surface area (Å²) in [6.45, 7) is -2.05. The number of thioether (sulfide) groups is 1. The van der Waals surface area contributed by atoms with Crippen molar-refractivity contribution in [1.82, 2.24) is 14.9 Å². The number of nitrogens with one attached hydrogen (secondary N) is 1. The summed E-state index contributed by atoms with van der Waals surface area (Å²) in [5, 5.41) is 2.82. The maximum Gasteiger partial charge on any atom is 0.321 e. The summed E-state index contributed by atoms with van der Waals surface area (Å²) in [7, 11) is 0. The highest BCUT2D eigenvalue weighted by Gasteiger charge is 2.18. The van der Waals surface area contributed by atoms with E-state index in [1.807, 2.05) is 30.3 Å². The van der Waals surface area contributed by atoms with Gasteiger partial charge in [-0.05, 0) is 24.3 Å². The molecule has 0 aliphatic carbocycles. The van der Waals surface area contributed by atoms with Crippen molar-refractivity contribution in [2.45, 2.75) is 11.7 Å². The van der Waals surface area contributed by atoms with E-state index in [1.165, 1.54) is 0 Å². The van der Waals surface area contributed by atoms with Crippen LogP contribution in [-0.4, -0.2) is 34.4 Å². The van der Waals surface area contributed by atoms with Gasteiger partial charge in [0.05, 0.1) is 23.3 Å². The smallest absolute Gasteiger partial charge is 0.321 e. The Kier molecular flexibility index (Phi) is 6.06. The molecule has 3 rings (SSSR count). The van der Waals surface area contributed by atoms with Crippen LogP contribution in [0.4, 0.5) is 8.78 Å². The summed E-state index contributed by atoms with van der Waals surface area (Å²) in [6, 6.07) is 15.9. The molecule has 0 radical (unpaired) electrons. The Morgan fingerprint density at radius 1 is 1.15 bits per heavy atom. The molecule has 0 atom stereocenters. The van der Waals surface area contributed by atoms with Crippen LogP contribution in [0.25, 0.3) is 11.0 Å². The number of hydrogen-bond donors (Lipinski definition) is 1. The van der Waals surface area contributed by atoms with Crippen LogP contribution < -0.4 is 10.1 Å². The molecule has 1 amide bonds. The fourth-order valence-electron chi connectivity index (χ4n) is 2.37. The lowest BCUT2D eigenvalue weighted by molar-refractivity contribution is -0.118. The van der Waals surface area contributed by atoms with Crippen molar-refractivity contribution in [1.29, 1.82) is 0 Å². The number of alkyl halides is 2. The number of para-hydroxylation sites is 3. The van der Waals surface area contributed by atoms with Crippen LogP contribution in [0.15, 0.2) is 59.8 Å². The van der Waals surface area contributed by atoms with E-state index in [0.717, 1.165) is 22.1 Å². The number of fused-ring (bicyclic) bond motifs is 1. The molecule has 1 heterocycles. The number of benzene rings is 2. The summed E-state index contributed by atoms with van der Waals surface area (Å²) in [5.41, 5.74) is 0.827. The zero-order valence-corrected chi connectivity index (χ0v) is 14.6. The van der Waals surface area contributed by atoms with Crippen LogP contribution >= 0.6 is 11.8 Å². The van der Waals surface area contributed by atoms with E-state index < -0.39 is 6.55 Å². The van der Waals surface area contributed by atoms with Crippen LogP contribution in [0.2, 0.25) is 0 Å². The lowest BCUT2D eigenvalue weighted by atomic mass is 10.3. The van der Waals surface area contributed by atoms with Gasteiger partial charge < -0.3 is 10.1 Å². The van der Waals surface area contributed by atoms with Gasteiger partial charge in [-0.3, -0.25) is 9.36 Å². The van der Waals surface area contributed by atoms with E-state index >= 15 is 0 Å². The number of carbonyl (C=O) groups excluding carboxylic acids is 1. The Bertz CT molecular complexity index is 871. The second-order valence-electron chi connectivity index (χ2n) is 5.33. The van der Waals surface area contributed by atoms with Gasteiger partial charge in [-0.25, -0.2) is 4.98 Å². The van der Waals surface area contributed by atoms with Gasteiger partial charge in [-0.1, -0.05) is 42.1 Å².